The molecule has 0 spiro atoms. The molecule has 4 rings (SSSR count). The van der Waals surface area contributed by atoms with Crippen molar-refractivity contribution >= 4 is 23.2 Å². The minimum Gasteiger partial charge on any atom is -0.486 e. The van der Waals surface area contributed by atoms with Crippen molar-refractivity contribution in [1.82, 2.24) is 0 Å². The third-order valence-corrected chi connectivity index (χ3v) is 5.05. The van der Waals surface area contributed by atoms with E-state index in [-0.39, 0.29) is 11.8 Å². The molecule has 0 atom stereocenters. The first-order chi connectivity index (χ1) is 15.1. The van der Waals surface area contributed by atoms with Crippen LogP contribution in [0.5, 0.6) is 11.5 Å². The van der Waals surface area contributed by atoms with Crippen LogP contribution in [0.25, 0.3) is 0 Å². The molecule has 3 aromatic carbocycles. The molecule has 6 nitrogen and oxygen atoms in total. The summed E-state index contributed by atoms with van der Waals surface area (Å²) < 4.78 is 11.1. The molecule has 2 N–H and O–H groups in total. The average Bonchev–Trinajstić information content (AvgIpc) is 2.80. The molecule has 1 heterocycles. The van der Waals surface area contributed by atoms with Gasteiger partial charge >= 0.3 is 0 Å². The maximum absolute atomic E-state index is 12.5. The zero-order chi connectivity index (χ0) is 21.6. The van der Waals surface area contributed by atoms with Crippen molar-refractivity contribution in [3.05, 3.63) is 83.4 Å². The lowest BCUT2D eigenvalue weighted by Crippen LogP contribution is -2.16. The van der Waals surface area contributed by atoms with Gasteiger partial charge in [0.25, 0.3) is 5.91 Å². The van der Waals surface area contributed by atoms with Gasteiger partial charge in [-0.05, 0) is 60.9 Å². The molecule has 31 heavy (non-hydrogen) atoms. The Morgan fingerprint density at radius 2 is 1.65 bits per heavy atom. The standard InChI is InChI=1S/C25H24N2O4/c1-17-7-10-20(26-25(29)19-5-3-2-4-6-19)16-21(17)27-24(28)12-9-18-8-11-22-23(15-18)31-14-13-30-22/h2-8,10-11,15-16H,9,12-14H2,1H3,(H,26,29)(H,27,28). The number of rotatable bonds is 6. The monoisotopic (exact) mass is 416 g/mol. The predicted octanol–water partition coefficient (Wildman–Crippen LogP) is 4.59. The lowest BCUT2D eigenvalue weighted by Gasteiger charge is -2.18. The normalized spacial score (nSPS) is 12.2. The van der Waals surface area contributed by atoms with Crippen LogP contribution in [-0.2, 0) is 11.2 Å². The number of ether oxygens (including phenoxy) is 2. The Labute approximate surface area is 181 Å². The molecular formula is C25H24N2O4. The van der Waals surface area contributed by atoms with Crippen LogP contribution >= 0.6 is 0 Å². The molecule has 0 saturated carbocycles. The number of nitrogens with one attached hydrogen (secondary N) is 2. The van der Waals surface area contributed by atoms with Crippen molar-refractivity contribution in [2.24, 2.45) is 0 Å². The molecule has 1 aliphatic heterocycles. The van der Waals surface area contributed by atoms with Gasteiger partial charge in [0, 0.05) is 23.4 Å². The Balaban J connectivity index is 1.36. The van der Waals surface area contributed by atoms with Crippen LogP contribution in [-0.4, -0.2) is 25.0 Å². The van der Waals surface area contributed by atoms with Crippen molar-refractivity contribution in [1.29, 1.82) is 0 Å². The summed E-state index contributed by atoms with van der Waals surface area (Å²) in [5.74, 6) is 1.18. The van der Waals surface area contributed by atoms with Gasteiger partial charge in [-0.3, -0.25) is 9.59 Å². The lowest BCUT2D eigenvalue weighted by molar-refractivity contribution is -0.116. The first kappa shape index (κ1) is 20.5. The highest BCUT2D eigenvalue weighted by atomic mass is 16.6. The van der Waals surface area contributed by atoms with E-state index in [4.69, 9.17) is 9.47 Å². The molecule has 0 radical (unpaired) electrons. The van der Waals surface area contributed by atoms with Crippen molar-refractivity contribution in [3.63, 3.8) is 0 Å². The van der Waals surface area contributed by atoms with E-state index in [9.17, 15) is 9.59 Å². The number of benzene rings is 3. The van der Waals surface area contributed by atoms with Crippen LogP contribution in [0.3, 0.4) is 0 Å². The maximum Gasteiger partial charge on any atom is 0.255 e. The van der Waals surface area contributed by atoms with Gasteiger partial charge in [-0.25, -0.2) is 0 Å². The number of fused-ring (bicyclic) bond motifs is 1. The van der Waals surface area contributed by atoms with E-state index in [1.165, 1.54) is 0 Å². The zero-order valence-corrected chi connectivity index (χ0v) is 17.3. The lowest BCUT2D eigenvalue weighted by atomic mass is 10.1. The maximum atomic E-state index is 12.5. The molecule has 158 valence electrons. The third-order valence-electron chi connectivity index (χ3n) is 5.05. The summed E-state index contributed by atoms with van der Waals surface area (Å²) in [6.45, 7) is 3.01. The highest BCUT2D eigenvalue weighted by Crippen LogP contribution is 2.31. The molecule has 0 aromatic heterocycles. The van der Waals surface area contributed by atoms with Crippen LogP contribution < -0.4 is 20.1 Å². The summed E-state index contributed by atoms with van der Waals surface area (Å²) in [5, 5.41) is 5.82. The molecular weight excluding hydrogens is 392 g/mol. The molecule has 0 aliphatic carbocycles. The van der Waals surface area contributed by atoms with E-state index < -0.39 is 0 Å². The molecule has 6 heteroatoms. The first-order valence-electron chi connectivity index (χ1n) is 10.2. The van der Waals surface area contributed by atoms with Crippen LogP contribution in [0.2, 0.25) is 0 Å². The largest absolute Gasteiger partial charge is 0.486 e. The Morgan fingerprint density at radius 1 is 0.871 bits per heavy atom. The van der Waals surface area contributed by atoms with E-state index in [0.717, 1.165) is 22.6 Å². The second-order valence-electron chi connectivity index (χ2n) is 7.38. The summed E-state index contributed by atoms with van der Waals surface area (Å²) in [7, 11) is 0. The minimum atomic E-state index is -0.194. The van der Waals surface area contributed by atoms with E-state index in [1.807, 2.05) is 55.5 Å². The van der Waals surface area contributed by atoms with Crippen molar-refractivity contribution < 1.29 is 19.1 Å². The molecule has 0 fully saturated rings. The first-order valence-corrected chi connectivity index (χ1v) is 10.2. The second-order valence-corrected chi connectivity index (χ2v) is 7.38. The van der Waals surface area contributed by atoms with E-state index in [0.29, 0.717) is 43.0 Å². The molecule has 2 amide bonds. The van der Waals surface area contributed by atoms with Crippen molar-refractivity contribution in [3.8, 4) is 11.5 Å². The molecule has 1 aliphatic rings. The smallest absolute Gasteiger partial charge is 0.255 e. The topological polar surface area (TPSA) is 76.7 Å². The number of aryl methyl sites for hydroxylation is 2. The summed E-state index contributed by atoms with van der Waals surface area (Å²) in [4.78, 5) is 24.9. The number of carbonyl (C=O) groups excluding carboxylic acids is 2. The summed E-state index contributed by atoms with van der Waals surface area (Å²) in [5.41, 5.74) is 3.82. The number of hydrogen-bond acceptors (Lipinski definition) is 4. The van der Waals surface area contributed by atoms with Gasteiger partial charge in [0.2, 0.25) is 5.91 Å². The average molecular weight is 416 g/mol. The Bertz CT molecular complexity index is 1100. The molecule has 3 aromatic rings. The minimum absolute atomic E-state index is 0.0930. The van der Waals surface area contributed by atoms with E-state index in [1.54, 1.807) is 18.2 Å². The Morgan fingerprint density at radius 3 is 2.45 bits per heavy atom. The molecule has 0 unspecified atom stereocenters. The van der Waals surface area contributed by atoms with Crippen molar-refractivity contribution in [2.75, 3.05) is 23.8 Å². The highest BCUT2D eigenvalue weighted by Gasteiger charge is 2.13. The number of amides is 2. The van der Waals surface area contributed by atoms with Gasteiger partial charge in [-0.2, -0.15) is 0 Å². The van der Waals surface area contributed by atoms with Gasteiger partial charge in [-0.15, -0.1) is 0 Å². The van der Waals surface area contributed by atoms with Gasteiger partial charge in [0.1, 0.15) is 13.2 Å². The van der Waals surface area contributed by atoms with E-state index in [2.05, 4.69) is 10.6 Å². The predicted molar refractivity (Wildman–Crippen MR) is 120 cm³/mol. The highest BCUT2D eigenvalue weighted by molar-refractivity contribution is 6.04. The molecule has 0 saturated heterocycles. The number of carbonyl (C=O) groups is 2. The Hall–Kier alpha value is -3.80. The summed E-state index contributed by atoms with van der Waals surface area (Å²) in [6, 6.07) is 20.2. The quantitative estimate of drug-likeness (QED) is 0.616. The van der Waals surface area contributed by atoms with E-state index >= 15 is 0 Å². The Kier molecular flexibility index (Phi) is 6.17. The van der Waals surface area contributed by atoms with Gasteiger partial charge in [0.15, 0.2) is 11.5 Å². The van der Waals surface area contributed by atoms with Crippen LogP contribution in [0.1, 0.15) is 27.9 Å². The number of hydrogen-bond donors (Lipinski definition) is 2. The second kappa shape index (κ2) is 9.34. The number of anilines is 2. The zero-order valence-electron chi connectivity index (χ0n) is 17.3. The molecule has 0 bridgehead atoms. The van der Waals surface area contributed by atoms with Crippen LogP contribution in [0.15, 0.2) is 66.7 Å². The van der Waals surface area contributed by atoms with Crippen molar-refractivity contribution in [2.45, 2.75) is 19.8 Å². The third kappa shape index (κ3) is 5.22. The van der Waals surface area contributed by atoms with Crippen LogP contribution in [0.4, 0.5) is 11.4 Å². The van der Waals surface area contributed by atoms with Gasteiger partial charge < -0.3 is 20.1 Å². The fourth-order valence-electron chi connectivity index (χ4n) is 3.34. The fraction of sp³-hybridized carbons (Fsp3) is 0.200. The SMILES string of the molecule is Cc1ccc(NC(=O)c2ccccc2)cc1NC(=O)CCc1ccc2c(c1)OCCO2. The summed E-state index contributed by atoms with van der Waals surface area (Å²) >= 11 is 0. The summed E-state index contributed by atoms with van der Waals surface area (Å²) in [6.07, 6.45) is 0.922. The van der Waals surface area contributed by atoms with Gasteiger partial charge in [0.05, 0.1) is 0 Å². The fourth-order valence-corrected chi connectivity index (χ4v) is 3.34. The van der Waals surface area contributed by atoms with Crippen LogP contribution in [0, 0.1) is 6.92 Å². The van der Waals surface area contributed by atoms with Gasteiger partial charge in [-0.1, -0.05) is 30.3 Å².